The van der Waals surface area contributed by atoms with Crippen LogP contribution in [0.4, 0.5) is 0 Å². The van der Waals surface area contributed by atoms with Gasteiger partial charge in [0.25, 0.3) is 0 Å². The second-order valence-corrected chi connectivity index (χ2v) is 2.94. The maximum absolute atomic E-state index is 10.3. The minimum Gasteiger partial charge on any atom is -0.296 e. The zero-order chi connectivity index (χ0) is 9.97. The predicted molar refractivity (Wildman–Crippen MR) is 47.7 cm³/mol. The van der Waals surface area contributed by atoms with Crippen LogP contribution in [-0.4, -0.2) is 31.1 Å². The number of aromatic nitrogens is 5. The third-order valence-corrected chi connectivity index (χ3v) is 1.77. The second-order valence-electron chi connectivity index (χ2n) is 2.94. The van der Waals surface area contributed by atoms with E-state index in [9.17, 15) is 4.79 Å². The van der Waals surface area contributed by atoms with Gasteiger partial charge in [-0.3, -0.25) is 9.48 Å². The van der Waals surface area contributed by atoms with Crippen molar-refractivity contribution in [1.82, 2.24) is 24.8 Å². The topological polar surface area (TPSA) is 65.6 Å². The average molecular weight is 191 g/mol. The molecule has 72 valence electrons. The Labute approximate surface area is 80.1 Å². The summed E-state index contributed by atoms with van der Waals surface area (Å²) in [6.07, 6.45) is 4.11. The molecule has 6 heteroatoms. The fraction of sp³-hybridized carbons (Fsp3) is 0.250. The lowest BCUT2D eigenvalue weighted by molar-refractivity contribution is 0.111. The smallest absolute Gasteiger partial charge is 0.171 e. The van der Waals surface area contributed by atoms with Crippen molar-refractivity contribution in [2.75, 3.05) is 0 Å². The number of carbonyl (C=O) groups is 1. The molecule has 2 aromatic heterocycles. The molecule has 14 heavy (non-hydrogen) atoms. The van der Waals surface area contributed by atoms with E-state index in [0.29, 0.717) is 18.5 Å². The van der Waals surface area contributed by atoms with Crippen molar-refractivity contribution >= 4 is 6.29 Å². The predicted octanol–water partition coefficient (Wildman–Crippen LogP) is -0.128. The van der Waals surface area contributed by atoms with Crippen LogP contribution in [0.25, 0.3) is 0 Å². The van der Waals surface area contributed by atoms with Gasteiger partial charge < -0.3 is 0 Å². The number of nitrogens with zero attached hydrogens (tertiary/aromatic N) is 5. The van der Waals surface area contributed by atoms with Crippen LogP contribution < -0.4 is 0 Å². The number of aryl methyl sites for hydroxylation is 1. The van der Waals surface area contributed by atoms with Crippen molar-refractivity contribution in [3.8, 4) is 0 Å². The zero-order valence-corrected chi connectivity index (χ0v) is 7.66. The van der Waals surface area contributed by atoms with Crippen molar-refractivity contribution in [1.29, 1.82) is 0 Å². The Kier molecular flexibility index (Phi) is 2.10. The van der Waals surface area contributed by atoms with Gasteiger partial charge in [0.2, 0.25) is 0 Å². The third-order valence-electron chi connectivity index (χ3n) is 1.77. The van der Waals surface area contributed by atoms with Gasteiger partial charge in [0, 0.05) is 13.2 Å². The summed E-state index contributed by atoms with van der Waals surface area (Å²) in [6.45, 7) is 0.529. The minimum absolute atomic E-state index is 0.334. The van der Waals surface area contributed by atoms with Crippen molar-refractivity contribution in [3.63, 3.8) is 0 Å². The highest BCUT2D eigenvalue weighted by atomic mass is 16.1. The molecular weight excluding hydrogens is 182 g/mol. The quantitative estimate of drug-likeness (QED) is 0.634. The van der Waals surface area contributed by atoms with E-state index in [4.69, 9.17) is 0 Å². The molecule has 2 rings (SSSR count). The molecule has 0 spiro atoms. The van der Waals surface area contributed by atoms with Gasteiger partial charge in [0.05, 0.1) is 18.4 Å². The van der Waals surface area contributed by atoms with E-state index in [1.807, 2.05) is 19.3 Å². The highest BCUT2D eigenvalue weighted by Gasteiger charge is 2.01. The minimum atomic E-state index is 0.334. The molecule has 0 unspecified atom stereocenters. The van der Waals surface area contributed by atoms with Gasteiger partial charge in [-0.25, -0.2) is 4.68 Å². The molecule has 0 saturated heterocycles. The lowest BCUT2D eigenvalue weighted by Crippen LogP contribution is -2.01. The van der Waals surface area contributed by atoms with E-state index >= 15 is 0 Å². The highest BCUT2D eigenvalue weighted by Crippen LogP contribution is 1.97. The molecule has 0 N–H and O–H groups in total. The third kappa shape index (κ3) is 1.68. The highest BCUT2D eigenvalue weighted by molar-refractivity contribution is 5.70. The first-order valence-electron chi connectivity index (χ1n) is 4.12. The van der Waals surface area contributed by atoms with Gasteiger partial charge in [0.15, 0.2) is 6.29 Å². The maximum atomic E-state index is 10.3. The SMILES string of the molecule is Cn1ccc(Cn2cc(C=O)nn2)n1. The average Bonchev–Trinajstić information content (AvgIpc) is 2.76. The van der Waals surface area contributed by atoms with Crippen LogP contribution in [-0.2, 0) is 13.6 Å². The molecule has 0 atom stereocenters. The molecule has 0 aromatic carbocycles. The van der Waals surface area contributed by atoms with Gasteiger partial charge in [-0.1, -0.05) is 5.21 Å². The van der Waals surface area contributed by atoms with Gasteiger partial charge in [-0.2, -0.15) is 5.10 Å². The molecule has 0 aliphatic heterocycles. The fourth-order valence-corrected chi connectivity index (χ4v) is 1.16. The lowest BCUT2D eigenvalue weighted by Gasteiger charge is -1.94. The summed E-state index contributed by atoms with van der Waals surface area (Å²) in [6, 6.07) is 1.89. The van der Waals surface area contributed by atoms with Gasteiger partial charge in [-0.15, -0.1) is 5.10 Å². The Morgan fingerprint density at radius 3 is 3.00 bits per heavy atom. The van der Waals surface area contributed by atoms with E-state index in [1.165, 1.54) is 0 Å². The normalized spacial score (nSPS) is 10.4. The standard InChI is InChI=1S/C8H9N5O/c1-12-3-2-7(10-12)4-13-5-8(6-14)9-11-13/h2-3,5-6H,4H2,1H3. The monoisotopic (exact) mass is 191 g/mol. The molecular formula is C8H9N5O. The Morgan fingerprint density at radius 2 is 2.43 bits per heavy atom. The first-order valence-corrected chi connectivity index (χ1v) is 4.12. The summed E-state index contributed by atoms with van der Waals surface area (Å²) < 4.78 is 3.29. The maximum Gasteiger partial charge on any atom is 0.171 e. The van der Waals surface area contributed by atoms with Crippen LogP contribution in [0.3, 0.4) is 0 Å². The lowest BCUT2D eigenvalue weighted by atomic mass is 10.4. The molecule has 2 heterocycles. The van der Waals surface area contributed by atoms with E-state index in [1.54, 1.807) is 15.6 Å². The van der Waals surface area contributed by atoms with Crippen LogP contribution >= 0.6 is 0 Å². The molecule has 0 amide bonds. The molecule has 6 nitrogen and oxygen atoms in total. The van der Waals surface area contributed by atoms with Crippen LogP contribution in [0.2, 0.25) is 0 Å². The molecule has 0 aliphatic rings. The van der Waals surface area contributed by atoms with Crippen LogP contribution in [0.5, 0.6) is 0 Å². The first-order chi connectivity index (χ1) is 6.78. The van der Waals surface area contributed by atoms with Gasteiger partial charge in [-0.05, 0) is 6.07 Å². The summed E-state index contributed by atoms with van der Waals surface area (Å²) in [5.41, 5.74) is 1.22. The molecule has 0 radical (unpaired) electrons. The van der Waals surface area contributed by atoms with E-state index < -0.39 is 0 Å². The van der Waals surface area contributed by atoms with Crippen molar-refractivity contribution in [2.45, 2.75) is 6.54 Å². The molecule has 0 bridgehead atoms. The zero-order valence-electron chi connectivity index (χ0n) is 7.66. The van der Waals surface area contributed by atoms with Crippen LogP contribution in [0.1, 0.15) is 16.2 Å². The Hall–Kier alpha value is -1.98. The molecule has 2 aromatic rings. The number of carbonyl (C=O) groups excluding carboxylic acids is 1. The summed E-state index contributed by atoms with van der Waals surface area (Å²) in [4.78, 5) is 10.3. The summed E-state index contributed by atoms with van der Waals surface area (Å²) in [5.74, 6) is 0. The van der Waals surface area contributed by atoms with Crippen molar-refractivity contribution in [3.05, 3.63) is 29.8 Å². The number of rotatable bonds is 3. The summed E-state index contributed by atoms with van der Waals surface area (Å²) in [5, 5.41) is 11.6. The largest absolute Gasteiger partial charge is 0.296 e. The van der Waals surface area contributed by atoms with E-state index in [-0.39, 0.29) is 0 Å². The van der Waals surface area contributed by atoms with Crippen molar-refractivity contribution in [2.24, 2.45) is 7.05 Å². The van der Waals surface area contributed by atoms with Gasteiger partial charge >= 0.3 is 0 Å². The fourth-order valence-electron chi connectivity index (χ4n) is 1.16. The van der Waals surface area contributed by atoms with E-state index in [2.05, 4.69) is 15.4 Å². The molecule has 0 aliphatic carbocycles. The van der Waals surface area contributed by atoms with Crippen molar-refractivity contribution < 1.29 is 4.79 Å². The summed E-state index contributed by atoms with van der Waals surface area (Å²) in [7, 11) is 1.85. The van der Waals surface area contributed by atoms with E-state index in [0.717, 1.165) is 5.69 Å². The Morgan fingerprint density at radius 1 is 1.57 bits per heavy atom. The number of aldehydes is 1. The number of hydrogen-bond donors (Lipinski definition) is 0. The summed E-state index contributed by atoms with van der Waals surface area (Å²) >= 11 is 0. The molecule has 0 fully saturated rings. The van der Waals surface area contributed by atoms with Crippen LogP contribution in [0.15, 0.2) is 18.5 Å². The first kappa shape index (κ1) is 8.61. The van der Waals surface area contributed by atoms with Gasteiger partial charge in [0.1, 0.15) is 5.69 Å². The Balaban J connectivity index is 2.14. The second kappa shape index (κ2) is 3.41. The Bertz CT molecular complexity index is 444. The number of hydrogen-bond acceptors (Lipinski definition) is 4. The molecule has 0 saturated carbocycles. The van der Waals surface area contributed by atoms with Crippen LogP contribution in [0, 0.1) is 0 Å².